The first-order valence-electron chi connectivity index (χ1n) is 7.53. The highest BCUT2D eigenvalue weighted by Gasteiger charge is 2.34. The summed E-state index contributed by atoms with van der Waals surface area (Å²) in [5.41, 5.74) is 0.845. The van der Waals surface area contributed by atoms with Crippen LogP contribution in [0.15, 0.2) is 18.2 Å². The van der Waals surface area contributed by atoms with Crippen molar-refractivity contribution < 1.29 is 27.9 Å². The summed E-state index contributed by atoms with van der Waals surface area (Å²) in [6.45, 7) is 6.96. The molecule has 1 atom stereocenters. The average Bonchev–Trinajstić information content (AvgIpc) is 2.45. The van der Waals surface area contributed by atoms with Crippen LogP contribution in [0.2, 0.25) is 0 Å². The summed E-state index contributed by atoms with van der Waals surface area (Å²) < 4.78 is 22.0. The van der Waals surface area contributed by atoms with Crippen LogP contribution >= 0.6 is 0 Å². The minimum Gasteiger partial charge on any atom is -0.480 e. The molecule has 0 bridgehead atoms. The van der Waals surface area contributed by atoms with E-state index in [0.29, 0.717) is 11.8 Å². The lowest BCUT2D eigenvalue weighted by Crippen LogP contribution is -2.42. The standard InChI is InChI=1S/C16H21O6Si/c1-5-8-16(4)19-10-13-9-14(6-7-15(13)20-16)23(21-11(2)17)22-12(3)18/h6-7,9H,5,8,10H2,1-4H3. The molecule has 1 heterocycles. The van der Waals surface area contributed by atoms with E-state index in [9.17, 15) is 9.59 Å². The summed E-state index contributed by atoms with van der Waals surface area (Å²) in [6.07, 6.45) is 1.75. The molecule has 0 spiro atoms. The Morgan fingerprint density at radius 1 is 1.26 bits per heavy atom. The number of benzene rings is 1. The van der Waals surface area contributed by atoms with Crippen molar-refractivity contribution in [1.29, 1.82) is 0 Å². The van der Waals surface area contributed by atoms with Gasteiger partial charge in [-0.2, -0.15) is 0 Å². The lowest BCUT2D eigenvalue weighted by Gasteiger charge is -2.35. The molecular weight excluding hydrogens is 316 g/mol. The van der Waals surface area contributed by atoms with Crippen LogP contribution < -0.4 is 9.92 Å². The van der Waals surface area contributed by atoms with Crippen LogP contribution in [0.1, 0.15) is 46.1 Å². The largest absolute Gasteiger partial charge is 0.576 e. The van der Waals surface area contributed by atoms with E-state index >= 15 is 0 Å². The minimum absolute atomic E-state index is 0.398. The third kappa shape index (κ3) is 4.55. The Hall–Kier alpha value is -1.86. The molecule has 1 unspecified atom stereocenters. The molecule has 0 saturated carbocycles. The molecule has 1 aliphatic heterocycles. The van der Waals surface area contributed by atoms with Gasteiger partial charge in [-0.3, -0.25) is 9.59 Å². The van der Waals surface area contributed by atoms with Crippen molar-refractivity contribution in [3.05, 3.63) is 23.8 Å². The molecule has 6 nitrogen and oxygen atoms in total. The van der Waals surface area contributed by atoms with Gasteiger partial charge in [0.05, 0.1) is 6.61 Å². The first-order valence-corrected chi connectivity index (χ1v) is 8.84. The summed E-state index contributed by atoms with van der Waals surface area (Å²) in [6, 6.07) is 5.37. The fraction of sp³-hybridized carbons (Fsp3) is 0.500. The fourth-order valence-corrected chi connectivity index (χ4v) is 3.70. The number of ether oxygens (including phenoxy) is 2. The summed E-state index contributed by atoms with van der Waals surface area (Å²) in [7, 11) is -2.20. The quantitative estimate of drug-likeness (QED) is 0.765. The summed E-state index contributed by atoms with van der Waals surface area (Å²) >= 11 is 0. The third-order valence-electron chi connectivity index (χ3n) is 3.33. The van der Waals surface area contributed by atoms with Gasteiger partial charge in [0.15, 0.2) is 0 Å². The Labute approximate surface area is 137 Å². The topological polar surface area (TPSA) is 71.1 Å². The average molecular weight is 337 g/mol. The second kappa shape index (κ2) is 7.14. The summed E-state index contributed by atoms with van der Waals surface area (Å²) in [5, 5.41) is 0.658. The van der Waals surface area contributed by atoms with Gasteiger partial charge in [-0.05, 0) is 18.6 Å². The van der Waals surface area contributed by atoms with E-state index in [1.165, 1.54) is 13.8 Å². The van der Waals surface area contributed by atoms with Gasteiger partial charge >= 0.3 is 9.28 Å². The van der Waals surface area contributed by atoms with Gasteiger partial charge in [0.2, 0.25) is 5.79 Å². The van der Waals surface area contributed by atoms with Crippen LogP contribution in [-0.2, 0) is 29.8 Å². The van der Waals surface area contributed by atoms with E-state index in [4.69, 9.17) is 18.3 Å². The van der Waals surface area contributed by atoms with E-state index in [1.807, 2.05) is 6.92 Å². The van der Waals surface area contributed by atoms with Crippen molar-refractivity contribution in [2.24, 2.45) is 0 Å². The molecule has 1 radical (unpaired) electrons. The molecule has 1 aromatic carbocycles. The smallest absolute Gasteiger partial charge is 0.480 e. The molecule has 0 fully saturated rings. The molecule has 1 aliphatic rings. The highest BCUT2D eigenvalue weighted by atomic mass is 28.3. The van der Waals surface area contributed by atoms with Crippen molar-refractivity contribution in [2.45, 2.75) is 52.9 Å². The lowest BCUT2D eigenvalue weighted by molar-refractivity contribution is -0.197. The SMILES string of the molecule is CCCC1(C)OCc2cc([Si](OC(C)=O)OC(C)=O)ccc2O1. The van der Waals surface area contributed by atoms with E-state index in [-0.39, 0.29) is 0 Å². The molecule has 2 rings (SSSR count). The Balaban J connectivity index is 2.23. The van der Waals surface area contributed by atoms with E-state index in [1.54, 1.807) is 18.2 Å². The third-order valence-corrected chi connectivity index (χ3v) is 5.06. The summed E-state index contributed by atoms with van der Waals surface area (Å²) in [5.74, 6) is -0.854. The molecule has 125 valence electrons. The number of carbonyl (C=O) groups excluding carboxylic acids is 2. The van der Waals surface area contributed by atoms with Crippen molar-refractivity contribution in [3.8, 4) is 5.75 Å². The zero-order chi connectivity index (χ0) is 17.0. The number of fused-ring (bicyclic) bond motifs is 1. The zero-order valence-corrected chi connectivity index (χ0v) is 14.8. The van der Waals surface area contributed by atoms with Crippen LogP contribution in [0.3, 0.4) is 0 Å². The first kappa shape index (κ1) is 17.5. The number of rotatable bonds is 5. The maximum atomic E-state index is 11.2. The van der Waals surface area contributed by atoms with Crippen molar-refractivity contribution >= 4 is 26.4 Å². The van der Waals surface area contributed by atoms with E-state index in [0.717, 1.165) is 24.2 Å². The number of hydrogen-bond donors (Lipinski definition) is 0. The minimum atomic E-state index is -2.20. The number of hydrogen-bond acceptors (Lipinski definition) is 6. The molecule has 0 N–H and O–H groups in total. The Bertz CT molecular complexity index is 586. The monoisotopic (exact) mass is 337 g/mol. The molecule has 23 heavy (non-hydrogen) atoms. The molecule has 0 aliphatic carbocycles. The second-order valence-corrected chi connectivity index (χ2v) is 7.13. The van der Waals surface area contributed by atoms with Crippen LogP contribution in [0.5, 0.6) is 5.75 Å². The van der Waals surface area contributed by atoms with Gasteiger partial charge in [-0.15, -0.1) is 0 Å². The van der Waals surface area contributed by atoms with E-state index in [2.05, 4.69) is 6.92 Å². The van der Waals surface area contributed by atoms with Crippen LogP contribution in [0.25, 0.3) is 0 Å². The molecule has 0 amide bonds. The van der Waals surface area contributed by atoms with Crippen LogP contribution in [-0.4, -0.2) is 27.0 Å². The van der Waals surface area contributed by atoms with Crippen LogP contribution in [0.4, 0.5) is 0 Å². The van der Waals surface area contributed by atoms with Gasteiger partial charge in [0.1, 0.15) is 5.75 Å². The molecule has 7 heteroatoms. The Kier molecular flexibility index (Phi) is 5.43. The number of carbonyl (C=O) groups is 2. The van der Waals surface area contributed by atoms with Gasteiger partial charge in [0.25, 0.3) is 11.9 Å². The van der Waals surface area contributed by atoms with Gasteiger partial charge in [0, 0.05) is 37.9 Å². The van der Waals surface area contributed by atoms with Crippen molar-refractivity contribution in [1.82, 2.24) is 0 Å². The molecular formula is C16H21O6Si. The fourth-order valence-electron chi connectivity index (χ4n) is 2.39. The van der Waals surface area contributed by atoms with Gasteiger partial charge < -0.3 is 18.3 Å². The van der Waals surface area contributed by atoms with E-state index < -0.39 is 27.0 Å². The zero-order valence-electron chi connectivity index (χ0n) is 13.8. The Morgan fingerprint density at radius 2 is 1.91 bits per heavy atom. The van der Waals surface area contributed by atoms with Crippen molar-refractivity contribution in [3.63, 3.8) is 0 Å². The lowest BCUT2D eigenvalue weighted by atomic mass is 10.1. The second-order valence-electron chi connectivity index (χ2n) is 5.57. The molecule has 0 aromatic heterocycles. The Morgan fingerprint density at radius 3 is 2.48 bits per heavy atom. The predicted molar refractivity (Wildman–Crippen MR) is 84.1 cm³/mol. The maximum Gasteiger partial charge on any atom is 0.576 e. The maximum absolute atomic E-state index is 11.2. The van der Waals surface area contributed by atoms with Crippen LogP contribution in [0, 0.1) is 0 Å². The highest BCUT2D eigenvalue weighted by molar-refractivity contribution is 6.64. The molecule has 0 saturated heterocycles. The molecule has 1 aromatic rings. The first-order chi connectivity index (χ1) is 10.8. The highest BCUT2D eigenvalue weighted by Crippen LogP contribution is 2.33. The van der Waals surface area contributed by atoms with Gasteiger partial charge in [-0.25, -0.2) is 0 Å². The van der Waals surface area contributed by atoms with Gasteiger partial charge in [-0.1, -0.05) is 13.0 Å². The normalized spacial score (nSPS) is 19.7. The summed E-state index contributed by atoms with van der Waals surface area (Å²) in [4.78, 5) is 22.4. The van der Waals surface area contributed by atoms with Crippen molar-refractivity contribution in [2.75, 3.05) is 0 Å². The predicted octanol–water partition coefficient (Wildman–Crippen LogP) is 1.93.